The summed E-state index contributed by atoms with van der Waals surface area (Å²) in [4.78, 5) is 30.6. The zero-order valence-corrected chi connectivity index (χ0v) is 18.4. The molecule has 5 rings (SSSR count). The van der Waals surface area contributed by atoms with Crippen LogP contribution >= 0.6 is 11.3 Å². The van der Waals surface area contributed by atoms with Crippen molar-refractivity contribution in [2.24, 2.45) is 0 Å². The molecular weight excluding hydrogens is 438 g/mol. The molecule has 0 aliphatic heterocycles. The third-order valence-electron chi connectivity index (χ3n) is 5.10. The summed E-state index contributed by atoms with van der Waals surface area (Å²) >= 11 is 1.24. The molecule has 164 valence electrons. The highest BCUT2D eigenvalue weighted by atomic mass is 32.1. The van der Waals surface area contributed by atoms with E-state index in [1.54, 1.807) is 25.3 Å². The Balaban J connectivity index is 1.45. The van der Waals surface area contributed by atoms with Gasteiger partial charge in [-0.05, 0) is 35.9 Å². The van der Waals surface area contributed by atoms with E-state index >= 15 is 0 Å². The van der Waals surface area contributed by atoms with Gasteiger partial charge in [-0.15, -0.1) is 5.10 Å². The maximum absolute atomic E-state index is 13.0. The fourth-order valence-corrected chi connectivity index (χ4v) is 4.25. The average Bonchev–Trinajstić information content (AvgIpc) is 3.26. The van der Waals surface area contributed by atoms with Gasteiger partial charge in [-0.25, -0.2) is 4.98 Å². The van der Waals surface area contributed by atoms with Crippen molar-refractivity contribution in [3.05, 3.63) is 94.3 Å². The van der Waals surface area contributed by atoms with E-state index in [2.05, 4.69) is 20.7 Å². The van der Waals surface area contributed by atoms with E-state index in [1.807, 2.05) is 54.6 Å². The normalized spacial score (nSPS) is 10.9. The number of anilines is 2. The number of benzene rings is 3. The van der Waals surface area contributed by atoms with E-state index in [0.717, 1.165) is 11.3 Å². The lowest BCUT2D eigenvalue weighted by Gasteiger charge is -2.07. The van der Waals surface area contributed by atoms with Gasteiger partial charge in [-0.2, -0.15) is 4.52 Å². The highest BCUT2D eigenvalue weighted by Gasteiger charge is 2.14. The Hall–Kier alpha value is -4.24. The van der Waals surface area contributed by atoms with Gasteiger partial charge < -0.3 is 15.4 Å². The van der Waals surface area contributed by atoms with Gasteiger partial charge in [-0.1, -0.05) is 53.8 Å². The molecule has 3 aromatic carbocycles. The monoisotopic (exact) mass is 457 g/mol. The largest absolute Gasteiger partial charge is 0.495 e. The Labute approximate surface area is 192 Å². The summed E-state index contributed by atoms with van der Waals surface area (Å²) in [5.74, 6) is 0.430. The number of nitrogens with zero attached hydrogens (tertiary/aromatic N) is 3. The predicted molar refractivity (Wildman–Crippen MR) is 129 cm³/mol. The standard InChI is InChI=1S/C24H19N5O3S/c1-32-20-10-6-5-9-18(20)26-23-28-29-22(31)17-12-11-16(13-19(17)27-24(29)33-23)21(30)25-14-15-7-3-2-4-8-15/h2-13H,14H2,1H3,(H,25,30)(H,26,28). The van der Waals surface area contributed by atoms with Crippen molar-refractivity contribution in [1.29, 1.82) is 0 Å². The molecule has 2 N–H and O–H groups in total. The third-order valence-corrected chi connectivity index (χ3v) is 5.93. The number of fused-ring (bicyclic) bond motifs is 2. The molecule has 2 heterocycles. The van der Waals surface area contributed by atoms with E-state index in [1.165, 1.54) is 15.9 Å². The first-order valence-corrected chi connectivity index (χ1v) is 11.0. The lowest BCUT2D eigenvalue weighted by Crippen LogP contribution is -2.23. The van der Waals surface area contributed by atoms with Crippen LogP contribution in [0, 0.1) is 0 Å². The van der Waals surface area contributed by atoms with Crippen LogP contribution in [0.25, 0.3) is 15.9 Å². The third kappa shape index (κ3) is 4.13. The van der Waals surface area contributed by atoms with Crippen molar-refractivity contribution in [1.82, 2.24) is 19.9 Å². The Morgan fingerprint density at radius 3 is 2.67 bits per heavy atom. The molecule has 0 atom stereocenters. The second-order valence-corrected chi connectivity index (χ2v) is 8.20. The van der Waals surface area contributed by atoms with Crippen molar-refractivity contribution in [3.63, 3.8) is 0 Å². The van der Waals surface area contributed by atoms with E-state index in [0.29, 0.717) is 38.9 Å². The number of nitrogens with one attached hydrogen (secondary N) is 2. The second-order valence-electron chi connectivity index (χ2n) is 7.24. The van der Waals surface area contributed by atoms with E-state index in [4.69, 9.17) is 4.74 Å². The molecule has 0 aliphatic rings. The summed E-state index contributed by atoms with van der Waals surface area (Å²) in [6.45, 7) is 0.416. The molecule has 0 spiro atoms. The lowest BCUT2D eigenvalue weighted by atomic mass is 10.1. The van der Waals surface area contributed by atoms with Crippen LogP contribution in [0.2, 0.25) is 0 Å². The lowest BCUT2D eigenvalue weighted by molar-refractivity contribution is 0.0951. The smallest absolute Gasteiger partial charge is 0.283 e. The number of amides is 1. The number of hydrogen-bond acceptors (Lipinski definition) is 7. The molecule has 33 heavy (non-hydrogen) atoms. The molecule has 0 bridgehead atoms. The summed E-state index contributed by atoms with van der Waals surface area (Å²) in [5, 5.41) is 11.3. The highest BCUT2D eigenvalue weighted by molar-refractivity contribution is 7.20. The number of methoxy groups -OCH3 is 1. The van der Waals surface area contributed by atoms with Crippen LogP contribution in [0.15, 0.2) is 77.6 Å². The zero-order valence-electron chi connectivity index (χ0n) is 17.6. The zero-order chi connectivity index (χ0) is 22.8. The Bertz CT molecular complexity index is 1530. The molecule has 2 aromatic heterocycles. The van der Waals surface area contributed by atoms with Crippen LogP contribution in [0.5, 0.6) is 5.75 Å². The predicted octanol–water partition coefficient (Wildman–Crippen LogP) is 3.99. The maximum atomic E-state index is 13.0. The maximum Gasteiger partial charge on any atom is 0.283 e. The van der Waals surface area contributed by atoms with Crippen molar-refractivity contribution in [2.75, 3.05) is 12.4 Å². The number of ether oxygens (including phenoxy) is 1. The van der Waals surface area contributed by atoms with Crippen molar-refractivity contribution < 1.29 is 9.53 Å². The summed E-state index contributed by atoms with van der Waals surface area (Å²) in [7, 11) is 1.59. The van der Waals surface area contributed by atoms with Crippen molar-refractivity contribution >= 4 is 43.9 Å². The number of hydrogen-bond donors (Lipinski definition) is 2. The van der Waals surface area contributed by atoms with E-state index in [9.17, 15) is 9.59 Å². The molecule has 5 aromatic rings. The Morgan fingerprint density at radius 1 is 1.06 bits per heavy atom. The van der Waals surface area contributed by atoms with Gasteiger partial charge in [0.2, 0.25) is 10.1 Å². The quantitative estimate of drug-likeness (QED) is 0.400. The van der Waals surface area contributed by atoms with Crippen molar-refractivity contribution in [3.8, 4) is 5.75 Å². The molecule has 0 radical (unpaired) electrons. The number of rotatable bonds is 6. The first-order chi connectivity index (χ1) is 16.1. The van der Waals surface area contributed by atoms with Gasteiger partial charge in [0.25, 0.3) is 11.5 Å². The van der Waals surface area contributed by atoms with Gasteiger partial charge in [0.15, 0.2) is 0 Å². The average molecular weight is 458 g/mol. The van der Waals surface area contributed by atoms with Crippen LogP contribution in [0.3, 0.4) is 0 Å². The molecule has 8 nitrogen and oxygen atoms in total. The number of para-hydroxylation sites is 2. The molecule has 1 amide bonds. The molecule has 9 heteroatoms. The van der Waals surface area contributed by atoms with Gasteiger partial charge >= 0.3 is 0 Å². The van der Waals surface area contributed by atoms with Crippen LogP contribution in [-0.4, -0.2) is 27.6 Å². The minimum absolute atomic E-state index is 0.231. The summed E-state index contributed by atoms with van der Waals surface area (Å²) in [5.41, 5.74) is 2.32. The summed E-state index contributed by atoms with van der Waals surface area (Å²) in [6.07, 6.45) is 0. The first-order valence-electron chi connectivity index (χ1n) is 10.2. The first kappa shape index (κ1) is 20.7. The summed E-state index contributed by atoms with van der Waals surface area (Å²) < 4.78 is 6.62. The van der Waals surface area contributed by atoms with Crippen LogP contribution in [-0.2, 0) is 6.54 Å². The molecule has 0 unspecified atom stereocenters. The number of aromatic nitrogens is 3. The SMILES string of the molecule is COc1ccccc1Nc1nn2c(=O)c3ccc(C(=O)NCc4ccccc4)cc3nc2s1. The van der Waals surface area contributed by atoms with E-state index in [-0.39, 0.29) is 11.5 Å². The second kappa shape index (κ2) is 8.71. The Morgan fingerprint density at radius 2 is 1.85 bits per heavy atom. The van der Waals surface area contributed by atoms with Crippen LogP contribution < -0.4 is 20.9 Å². The molecule has 0 fully saturated rings. The van der Waals surface area contributed by atoms with E-state index < -0.39 is 0 Å². The molecule has 0 saturated heterocycles. The fourth-order valence-electron chi connectivity index (χ4n) is 3.44. The number of carbonyl (C=O) groups excluding carboxylic acids is 1. The van der Waals surface area contributed by atoms with Crippen LogP contribution in [0.4, 0.5) is 10.8 Å². The number of carbonyl (C=O) groups is 1. The topological polar surface area (TPSA) is 97.6 Å². The molecule has 0 aliphatic carbocycles. The van der Waals surface area contributed by atoms with Gasteiger partial charge in [0.1, 0.15) is 5.75 Å². The fraction of sp³-hybridized carbons (Fsp3) is 0.0833. The minimum Gasteiger partial charge on any atom is -0.495 e. The highest BCUT2D eigenvalue weighted by Crippen LogP contribution is 2.29. The van der Waals surface area contributed by atoms with Crippen molar-refractivity contribution in [2.45, 2.75) is 6.54 Å². The molecule has 0 saturated carbocycles. The Kier molecular flexibility index (Phi) is 5.45. The minimum atomic E-state index is -0.296. The van der Waals surface area contributed by atoms with Crippen LogP contribution in [0.1, 0.15) is 15.9 Å². The van der Waals surface area contributed by atoms with Gasteiger partial charge in [0.05, 0.1) is 23.7 Å². The summed E-state index contributed by atoms with van der Waals surface area (Å²) in [6, 6.07) is 22.0. The van der Waals surface area contributed by atoms with Gasteiger partial charge in [0, 0.05) is 12.1 Å². The molecular formula is C24H19N5O3S. The van der Waals surface area contributed by atoms with Gasteiger partial charge in [-0.3, -0.25) is 9.59 Å².